The van der Waals surface area contributed by atoms with Gasteiger partial charge in [-0.15, -0.1) is 0 Å². The molecule has 28 heavy (non-hydrogen) atoms. The normalized spacial score (nSPS) is 20.3. The van der Waals surface area contributed by atoms with Crippen molar-refractivity contribution in [1.82, 2.24) is 19.4 Å². The van der Waals surface area contributed by atoms with E-state index in [2.05, 4.69) is 15.6 Å². The van der Waals surface area contributed by atoms with E-state index >= 15 is 0 Å². The molecule has 0 spiro atoms. The second-order valence-corrected chi connectivity index (χ2v) is 7.45. The molecule has 4 heterocycles. The Balaban J connectivity index is 1.42. The topological polar surface area (TPSA) is 74.8 Å². The molecule has 0 unspecified atom stereocenters. The van der Waals surface area contributed by atoms with Crippen molar-refractivity contribution in [2.75, 3.05) is 13.1 Å². The Labute approximate surface area is 163 Å². The van der Waals surface area contributed by atoms with Crippen molar-refractivity contribution in [3.63, 3.8) is 0 Å². The first-order valence-electron chi connectivity index (χ1n) is 9.50. The highest BCUT2D eigenvalue weighted by atomic mass is 16.2. The van der Waals surface area contributed by atoms with E-state index < -0.39 is 0 Å². The molecule has 138 valence electrons. The number of nitrogens with zero attached hydrogens (tertiary/aromatic N) is 5. The van der Waals surface area contributed by atoms with Gasteiger partial charge in [0.05, 0.1) is 23.5 Å². The summed E-state index contributed by atoms with van der Waals surface area (Å²) in [7, 11) is 0. The molecule has 3 aromatic rings. The number of carbonyl (C=O) groups is 1. The zero-order valence-corrected chi connectivity index (χ0v) is 15.3. The van der Waals surface area contributed by atoms with Gasteiger partial charge in [-0.1, -0.05) is 6.07 Å². The molecule has 1 aromatic carbocycles. The van der Waals surface area contributed by atoms with Gasteiger partial charge < -0.3 is 9.47 Å². The van der Waals surface area contributed by atoms with Crippen molar-refractivity contribution in [3.05, 3.63) is 71.9 Å². The van der Waals surface area contributed by atoms with Gasteiger partial charge in [-0.05, 0) is 42.7 Å². The molecule has 0 saturated carbocycles. The second kappa shape index (κ2) is 6.61. The minimum atomic E-state index is -0.000960. The van der Waals surface area contributed by atoms with Gasteiger partial charge in [0, 0.05) is 49.1 Å². The van der Waals surface area contributed by atoms with Crippen LogP contribution in [-0.2, 0) is 6.54 Å². The molecule has 2 aliphatic heterocycles. The Hall–Kier alpha value is -3.46. The summed E-state index contributed by atoms with van der Waals surface area (Å²) in [5, 5.41) is 9.09. The molecule has 1 amide bonds. The van der Waals surface area contributed by atoms with E-state index in [9.17, 15) is 4.79 Å². The summed E-state index contributed by atoms with van der Waals surface area (Å²) < 4.78 is 2.29. The van der Waals surface area contributed by atoms with Crippen molar-refractivity contribution in [1.29, 1.82) is 5.26 Å². The molecule has 1 saturated heterocycles. The molecule has 0 bridgehead atoms. The van der Waals surface area contributed by atoms with Gasteiger partial charge >= 0.3 is 0 Å². The van der Waals surface area contributed by atoms with Gasteiger partial charge in [0.15, 0.2) is 0 Å². The maximum atomic E-state index is 13.0. The zero-order chi connectivity index (χ0) is 19.1. The highest BCUT2D eigenvalue weighted by Crippen LogP contribution is 2.40. The third kappa shape index (κ3) is 2.67. The Morgan fingerprint density at radius 2 is 2.04 bits per heavy atom. The number of nitriles is 1. The quantitative estimate of drug-likeness (QED) is 0.696. The lowest BCUT2D eigenvalue weighted by Gasteiger charge is -2.26. The number of hydrogen-bond acceptors (Lipinski definition) is 4. The molecule has 6 heteroatoms. The Bertz CT molecular complexity index is 1080. The molecule has 0 N–H and O–H groups in total. The van der Waals surface area contributed by atoms with Crippen LogP contribution in [0.25, 0.3) is 11.3 Å². The van der Waals surface area contributed by atoms with E-state index in [4.69, 9.17) is 10.2 Å². The van der Waals surface area contributed by atoms with Crippen LogP contribution in [0.1, 0.15) is 34.1 Å². The second-order valence-electron chi connectivity index (χ2n) is 7.45. The minimum absolute atomic E-state index is 0.000960. The molecular weight excluding hydrogens is 350 g/mol. The summed E-state index contributed by atoms with van der Waals surface area (Å²) in [6.45, 7) is 2.34. The third-order valence-corrected chi connectivity index (χ3v) is 5.88. The standard InChI is InChI=1S/C22H19N5O/c23-11-15-2-1-3-17(10-15)22(28)26-13-18-6-9-27-20(16-4-7-24-8-5-16)12-25-21(27)19(18)14-26/h1-5,7-8,10,12,18-19H,6,9,13-14H2/t18-,19-/m1/s1. The van der Waals surface area contributed by atoms with Crippen LogP contribution in [0.15, 0.2) is 55.0 Å². The summed E-state index contributed by atoms with van der Waals surface area (Å²) in [4.78, 5) is 23.7. The predicted octanol–water partition coefficient (Wildman–Crippen LogP) is 3.08. The number of pyridine rings is 1. The molecule has 5 rings (SSSR count). The molecule has 2 aliphatic rings. The Kier molecular flexibility index (Phi) is 3.94. The van der Waals surface area contributed by atoms with E-state index in [-0.39, 0.29) is 11.8 Å². The Morgan fingerprint density at radius 1 is 1.18 bits per heavy atom. The van der Waals surface area contributed by atoms with Crippen LogP contribution in [0.3, 0.4) is 0 Å². The number of likely N-dealkylation sites (tertiary alicyclic amines) is 1. The van der Waals surface area contributed by atoms with Crippen LogP contribution in [0.5, 0.6) is 0 Å². The largest absolute Gasteiger partial charge is 0.338 e. The maximum absolute atomic E-state index is 13.0. The fourth-order valence-electron chi connectivity index (χ4n) is 4.50. The number of aromatic nitrogens is 3. The first-order chi connectivity index (χ1) is 13.7. The molecule has 0 aliphatic carbocycles. The van der Waals surface area contributed by atoms with Crippen molar-refractivity contribution < 1.29 is 4.79 Å². The number of imidazole rings is 1. The zero-order valence-electron chi connectivity index (χ0n) is 15.3. The van der Waals surface area contributed by atoms with Crippen LogP contribution in [0.2, 0.25) is 0 Å². The summed E-state index contributed by atoms with van der Waals surface area (Å²) >= 11 is 0. The van der Waals surface area contributed by atoms with E-state index in [1.807, 2.05) is 23.2 Å². The van der Waals surface area contributed by atoms with Crippen LogP contribution >= 0.6 is 0 Å². The lowest BCUT2D eigenvalue weighted by atomic mass is 9.89. The molecule has 0 radical (unpaired) electrons. The number of rotatable bonds is 2. The van der Waals surface area contributed by atoms with Crippen molar-refractivity contribution in [2.24, 2.45) is 5.92 Å². The summed E-state index contributed by atoms with van der Waals surface area (Å²) in [5.74, 6) is 1.76. The average Bonchev–Trinajstić information content (AvgIpc) is 3.37. The smallest absolute Gasteiger partial charge is 0.253 e. The fraction of sp³-hybridized carbons (Fsp3) is 0.273. The number of fused-ring (bicyclic) bond motifs is 3. The lowest BCUT2D eigenvalue weighted by molar-refractivity contribution is 0.0785. The van der Waals surface area contributed by atoms with E-state index in [1.54, 1.807) is 36.7 Å². The van der Waals surface area contributed by atoms with E-state index in [1.165, 1.54) is 0 Å². The maximum Gasteiger partial charge on any atom is 0.253 e. The first kappa shape index (κ1) is 16.7. The molecule has 2 aromatic heterocycles. The van der Waals surface area contributed by atoms with Gasteiger partial charge in [0.25, 0.3) is 5.91 Å². The van der Waals surface area contributed by atoms with Crippen LogP contribution in [0.4, 0.5) is 0 Å². The highest BCUT2D eigenvalue weighted by Gasteiger charge is 2.41. The summed E-state index contributed by atoms with van der Waals surface area (Å²) in [5.41, 5.74) is 3.33. The first-order valence-corrected chi connectivity index (χ1v) is 9.50. The molecule has 1 fully saturated rings. The number of benzene rings is 1. The third-order valence-electron chi connectivity index (χ3n) is 5.88. The molecular formula is C22H19N5O. The monoisotopic (exact) mass is 369 g/mol. The fourth-order valence-corrected chi connectivity index (χ4v) is 4.50. The van der Waals surface area contributed by atoms with E-state index in [0.29, 0.717) is 23.6 Å². The number of hydrogen-bond donors (Lipinski definition) is 0. The van der Waals surface area contributed by atoms with Crippen LogP contribution in [0, 0.1) is 17.2 Å². The minimum Gasteiger partial charge on any atom is -0.338 e. The number of carbonyl (C=O) groups excluding carboxylic acids is 1. The predicted molar refractivity (Wildman–Crippen MR) is 103 cm³/mol. The van der Waals surface area contributed by atoms with Crippen LogP contribution in [-0.4, -0.2) is 38.4 Å². The molecule has 2 atom stereocenters. The van der Waals surface area contributed by atoms with Gasteiger partial charge in [-0.25, -0.2) is 4.98 Å². The van der Waals surface area contributed by atoms with Gasteiger partial charge in [0.2, 0.25) is 0 Å². The lowest BCUT2D eigenvalue weighted by Crippen LogP contribution is -2.28. The van der Waals surface area contributed by atoms with Gasteiger partial charge in [-0.3, -0.25) is 9.78 Å². The van der Waals surface area contributed by atoms with Crippen molar-refractivity contribution >= 4 is 5.91 Å². The SMILES string of the molecule is N#Cc1cccc(C(=O)N2C[C@H]3CCn4c(-c5ccncc5)cnc4[C@@H]3C2)c1. The van der Waals surface area contributed by atoms with Gasteiger partial charge in [0.1, 0.15) is 5.82 Å². The Morgan fingerprint density at radius 3 is 2.86 bits per heavy atom. The van der Waals surface area contributed by atoms with E-state index in [0.717, 1.165) is 36.6 Å². The van der Waals surface area contributed by atoms with Gasteiger partial charge in [-0.2, -0.15) is 5.26 Å². The molecule has 6 nitrogen and oxygen atoms in total. The number of amides is 1. The van der Waals surface area contributed by atoms with Crippen LogP contribution < -0.4 is 0 Å². The summed E-state index contributed by atoms with van der Waals surface area (Å²) in [6.07, 6.45) is 6.57. The van der Waals surface area contributed by atoms with Crippen molar-refractivity contribution in [2.45, 2.75) is 18.9 Å². The average molecular weight is 369 g/mol. The summed E-state index contributed by atoms with van der Waals surface area (Å²) in [6, 6.07) is 13.1. The van der Waals surface area contributed by atoms with Crippen molar-refractivity contribution in [3.8, 4) is 17.3 Å². The highest BCUT2D eigenvalue weighted by molar-refractivity contribution is 5.94.